The molecule has 0 aliphatic rings. The number of methoxy groups -OCH3 is 3. The molecule has 0 bridgehead atoms. The number of rotatable bonds is 10. The summed E-state index contributed by atoms with van der Waals surface area (Å²) in [5.41, 5.74) is 1.59. The van der Waals surface area contributed by atoms with Crippen LogP contribution in [0.15, 0.2) is 53.7 Å². The number of ether oxygens (including phenoxy) is 3. The fourth-order valence-electron chi connectivity index (χ4n) is 2.76. The van der Waals surface area contributed by atoms with Gasteiger partial charge in [0.2, 0.25) is 5.91 Å². The molecule has 0 aliphatic carbocycles. The van der Waals surface area contributed by atoms with E-state index in [4.69, 9.17) is 14.2 Å². The second-order valence-electron chi connectivity index (χ2n) is 6.25. The van der Waals surface area contributed by atoms with Crippen molar-refractivity contribution in [1.82, 2.24) is 14.8 Å². The van der Waals surface area contributed by atoms with Crippen LogP contribution < -0.4 is 14.8 Å². The van der Waals surface area contributed by atoms with Gasteiger partial charge in [0.05, 0.1) is 33.1 Å². The maximum absolute atomic E-state index is 12.4. The van der Waals surface area contributed by atoms with E-state index in [1.165, 1.54) is 11.8 Å². The second kappa shape index (κ2) is 10.7. The highest BCUT2D eigenvalue weighted by Gasteiger charge is 2.16. The average Bonchev–Trinajstić information content (AvgIpc) is 3.19. The summed E-state index contributed by atoms with van der Waals surface area (Å²) in [5.74, 6) is 2.23. The minimum Gasteiger partial charge on any atom is -0.497 e. The Hall–Kier alpha value is -3.04. The molecule has 0 spiro atoms. The minimum atomic E-state index is -0.138. The van der Waals surface area contributed by atoms with Gasteiger partial charge in [-0.1, -0.05) is 17.8 Å². The highest BCUT2D eigenvalue weighted by atomic mass is 32.2. The zero-order chi connectivity index (χ0) is 21.3. The fourth-order valence-corrected chi connectivity index (χ4v) is 3.53. The van der Waals surface area contributed by atoms with Crippen molar-refractivity contribution in [2.24, 2.45) is 0 Å². The number of anilines is 1. The molecule has 3 aromatic rings. The van der Waals surface area contributed by atoms with Crippen LogP contribution in [0.25, 0.3) is 11.4 Å². The Morgan fingerprint density at radius 1 is 1.03 bits per heavy atom. The molecule has 1 heterocycles. The SMILES string of the molecule is COCCn1c(SCC(=O)Nc2cccc(OC)c2)nnc1-c1ccc(OC)cc1. The predicted molar refractivity (Wildman–Crippen MR) is 116 cm³/mol. The zero-order valence-corrected chi connectivity index (χ0v) is 17.9. The lowest BCUT2D eigenvalue weighted by Gasteiger charge is -2.10. The Labute approximate surface area is 179 Å². The molecular formula is C21H24N4O4S. The van der Waals surface area contributed by atoms with Crippen molar-refractivity contribution in [3.8, 4) is 22.9 Å². The molecule has 158 valence electrons. The van der Waals surface area contributed by atoms with Crippen molar-refractivity contribution < 1.29 is 19.0 Å². The Bertz CT molecular complexity index is 975. The van der Waals surface area contributed by atoms with Gasteiger partial charge in [0.1, 0.15) is 11.5 Å². The molecule has 1 aromatic heterocycles. The second-order valence-corrected chi connectivity index (χ2v) is 7.19. The van der Waals surface area contributed by atoms with Crippen molar-refractivity contribution in [1.29, 1.82) is 0 Å². The first-order valence-electron chi connectivity index (χ1n) is 9.28. The Balaban J connectivity index is 1.71. The molecule has 0 atom stereocenters. The van der Waals surface area contributed by atoms with Gasteiger partial charge in [-0.15, -0.1) is 10.2 Å². The lowest BCUT2D eigenvalue weighted by Crippen LogP contribution is -2.15. The van der Waals surface area contributed by atoms with Crippen LogP contribution >= 0.6 is 11.8 Å². The maximum atomic E-state index is 12.4. The van der Waals surface area contributed by atoms with Crippen LogP contribution in [0.3, 0.4) is 0 Å². The van der Waals surface area contributed by atoms with Crippen molar-refractivity contribution in [3.63, 3.8) is 0 Å². The number of amides is 1. The van der Waals surface area contributed by atoms with Crippen molar-refractivity contribution in [2.75, 3.05) is 39.0 Å². The van der Waals surface area contributed by atoms with E-state index in [1.807, 2.05) is 47.0 Å². The number of hydrogen-bond donors (Lipinski definition) is 1. The number of hydrogen-bond acceptors (Lipinski definition) is 7. The monoisotopic (exact) mass is 428 g/mol. The highest BCUT2D eigenvalue weighted by molar-refractivity contribution is 7.99. The van der Waals surface area contributed by atoms with Crippen LogP contribution in [-0.2, 0) is 16.1 Å². The normalized spacial score (nSPS) is 10.6. The summed E-state index contributed by atoms with van der Waals surface area (Å²) >= 11 is 1.32. The molecule has 1 amide bonds. The van der Waals surface area contributed by atoms with E-state index in [1.54, 1.807) is 27.4 Å². The number of nitrogens with zero attached hydrogens (tertiary/aromatic N) is 3. The van der Waals surface area contributed by atoms with Gasteiger partial charge in [0, 0.05) is 24.4 Å². The number of carbonyl (C=O) groups is 1. The van der Waals surface area contributed by atoms with E-state index in [2.05, 4.69) is 15.5 Å². The first kappa shape index (κ1) is 21.7. The molecule has 30 heavy (non-hydrogen) atoms. The standard InChI is InChI=1S/C21H24N4O4S/c1-27-12-11-25-20(15-7-9-17(28-2)10-8-15)23-24-21(25)30-14-19(26)22-16-5-4-6-18(13-16)29-3/h4-10,13H,11-12,14H2,1-3H3,(H,22,26). The Morgan fingerprint density at radius 2 is 1.80 bits per heavy atom. The Kier molecular flexibility index (Phi) is 7.69. The van der Waals surface area contributed by atoms with Crippen molar-refractivity contribution in [2.45, 2.75) is 11.7 Å². The third-order valence-corrected chi connectivity index (χ3v) is 5.24. The van der Waals surface area contributed by atoms with Gasteiger partial charge in [-0.3, -0.25) is 9.36 Å². The molecule has 0 saturated heterocycles. The van der Waals surface area contributed by atoms with Gasteiger partial charge in [-0.2, -0.15) is 0 Å². The largest absolute Gasteiger partial charge is 0.497 e. The van der Waals surface area contributed by atoms with Crippen LogP contribution in [0.2, 0.25) is 0 Å². The molecule has 0 unspecified atom stereocenters. The molecule has 3 rings (SSSR count). The fraction of sp³-hybridized carbons (Fsp3) is 0.286. The lowest BCUT2D eigenvalue weighted by molar-refractivity contribution is -0.113. The van der Waals surface area contributed by atoms with Crippen LogP contribution in [0.1, 0.15) is 0 Å². The summed E-state index contributed by atoms with van der Waals surface area (Å²) in [6, 6.07) is 14.8. The first-order chi connectivity index (χ1) is 14.6. The van der Waals surface area contributed by atoms with Gasteiger partial charge < -0.3 is 19.5 Å². The van der Waals surface area contributed by atoms with Gasteiger partial charge >= 0.3 is 0 Å². The third kappa shape index (κ3) is 5.52. The Morgan fingerprint density at radius 3 is 2.50 bits per heavy atom. The minimum absolute atomic E-state index is 0.138. The molecule has 0 fully saturated rings. The van der Waals surface area contributed by atoms with E-state index in [0.29, 0.717) is 35.6 Å². The van der Waals surface area contributed by atoms with Crippen LogP contribution in [0.5, 0.6) is 11.5 Å². The van der Waals surface area contributed by atoms with Crippen LogP contribution in [0.4, 0.5) is 5.69 Å². The molecular weight excluding hydrogens is 404 g/mol. The van der Waals surface area contributed by atoms with Crippen molar-refractivity contribution in [3.05, 3.63) is 48.5 Å². The predicted octanol–water partition coefficient (Wildman–Crippen LogP) is 3.34. The topological polar surface area (TPSA) is 87.5 Å². The molecule has 2 aromatic carbocycles. The molecule has 0 radical (unpaired) electrons. The number of benzene rings is 2. The average molecular weight is 429 g/mol. The number of nitrogens with one attached hydrogen (secondary N) is 1. The summed E-state index contributed by atoms with van der Waals surface area (Å²) < 4.78 is 17.6. The van der Waals surface area contributed by atoms with E-state index >= 15 is 0 Å². The molecule has 1 N–H and O–H groups in total. The highest BCUT2D eigenvalue weighted by Crippen LogP contribution is 2.26. The van der Waals surface area contributed by atoms with Crippen molar-refractivity contribution >= 4 is 23.4 Å². The third-order valence-electron chi connectivity index (χ3n) is 4.27. The smallest absolute Gasteiger partial charge is 0.234 e. The quantitative estimate of drug-likeness (QED) is 0.496. The van der Waals surface area contributed by atoms with Gasteiger partial charge in [0.25, 0.3) is 0 Å². The van der Waals surface area contributed by atoms with E-state index in [-0.39, 0.29) is 11.7 Å². The summed E-state index contributed by atoms with van der Waals surface area (Å²) in [7, 11) is 4.86. The molecule has 9 heteroatoms. The van der Waals surface area contributed by atoms with Crippen LogP contribution in [0, 0.1) is 0 Å². The summed E-state index contributed by atoms with van der Waals surface area (Å²) in [6.45, 7) is 1.08. The summed E-state index contributed by atoms with van der Waals surface area (Å²) in [6.07, 6.45) is 0. The first-order valence-corrected chi connectivity index (χ1v) is 10.3. The molecule has 0 saturated carbocycles. The number of carbonyl (C=O) groups excluding carboxylic acids is 1. The van der Waals surface area contributed by atoms with Gasteiger partial charge in [0.15, 0.2) is 11.0 Å². The lowest BCUT2D eigenvalue weighted by atomic mass is 10.2. The number of aromatic nitrogens is 3. The van der Waals surface area contributed by atoms with E-state index < -0.39 is 0 Å². The summed E-state index contributed by atoms with van der Waals surface area (Å²) in [4.78, 5) is 12.4. The molecule has 0 aliphatic heterocycles. The number of thioether (sulfide) groups is 1. The van der Waals surface area contributed by atoms with E-state index in [9.17, 15) is 4.79 Å². The van der Waals surface area contributed by atoms with E-state index in [0.717, 1.165) is 11.3 Å². The molecule has 8 nitrogen and oxygen atoms in total. The zero-order valence-electron chi connectivity index (χ0n) is 17.1. The summed E-state index contributed by atoms with van der Waals surface area (Å²) in [5, 5.41) is 12.1. The van der Waals surface area contributed by atoms with Crippen LogP contribution in [-0.4, -0.2) is 54.4 Å². The maximum Gasteiger partial charge on any atom is 0.234 e. The van der Waals surface area contributed by atoms with Gasteiger partial charge in [-0.05, 0) is 36.4 Å². The van der Waals surface area contributed by atoms with Gasteiger partial charge in [-0.25, -0.2) is 0 Å².